The topological polar surface area (TPSA) is 78.9 Å². The van der Waals surface area contributed by atoms with Crippen LogP contribution < -0.4 is 0 Å². The first-order chi connectivity index (χ1) is 30.0. The molecule has 360 valence electrons. The molecule has 0 aromatic carbocycles. The van der Waals surface area contributed by atoms with Gasteiger partial charge in [0.1, 0.15) is 13.2 Å². The number of hydrogen-bond donors (Lipinski definition) is 0. The standard InChI is InChI=1S/C55H104O6/c1-4-7-10-13-16-19-21-23-25-27-28-30-31-33-36-39-42-45-48-54(57)60-51-52(50-59-53(56)47-44-41-38-35-18-15-12-9-6-3)61-55(58)49-46-43-40-37-34-32-29-26-24-22-20-17-14-11-8-5-2/h28,30,52H,4-27,29,31-51H2,1-3H3/b30-28-. The maximum absolute atomic E-state index is 12.8. The quantitative estimate of drug-likeness (QED) is 0.0262. The monoisotopic (exact) mass is 861 g/mol. The Balaban J connectivity index is 4.26. The fourth-order valence-electron chi connectivity index (χ4n) is 8.14. The number of hydrogen-bond acceptors (Lipinski definition) is 6. The molecule has 6 heteroatoms. The Labute approximate surface area is 380 Å². The number of unbranched alkanes of at least 4 members (excludes halogenated alkanes) is 37. The normalized spacial score (nSPS) is 12.0. The smallest absolute Gasteiger partial charge is 0.306 e. The Morgan fingerprint density at radius 1 is 0.311 bits per heavy atom. The van der Waals surface area contributed by atoms with Crippen molar-refractivity contribution >= 4 is 17.9 Å². The fraction of sp³-hybridized carbons (Fsp3) is 0.909. The zero-order valence-corrected chi connectivity index (χ0v) is 41.2. The van der Waals surface area contributed by atoms with Crippen LogP contribution in [0.1, 0.15) is 303 Å². The van der Waals surface area contributed by atoms with Gasteiger partial charge in [0.2, 0.25) is 0 Å². The summed E-state index contributed by atoms with van der Waals surface area (Å²) in [6, 6.07) is 0. The Kier molecular flexibility index (Phi) is 49.3. The highest BCUT2D eigenvalue weighted by Gasteiger charge is 2.19. The molecule has 0 spiro atoms. The third-order valence-corrected chi connectivity index (χ3v) is 12.3. The second-order valence-corrected chi connectivity index (χ2v) is 18.5. The molecule has 61 heavy (non-hydrogen) atoms. The molecule has 0 aliphatic heterocycles. The summed E-state index contributed by atoms with van der Waals surface area (Å²) in [4.78, 5) is 37.9. The third kappa shape index (κ3) is 49.0. The van der Waals surface area contributed by atoms with Crippen LogP contribution in [0.5, 0.6) is 0 Å². The predicted octanol–water partition coefficient (Wildman–Crippen LogP) is 17.8. The van der Waals surface area contributed by atoms with Crippen LogP contribution in [0.2, 0.25) is 0 Å². The van der Waals surface area contributed by atoms with Gasteiger partial charge in [-0.25, -0.2) is 0 Å². The number of allylic oxidation sites excluding steroid dienone is 2. The minimum Gasteiger partial charge on any atom is -0.462 e. The molecule has 0 N–H and O–H groups in total. The van der Waals surface area contributed by atoms with Gasteiger partial charge in [-0.05, 0) is 44.9 Å². The lowest BCUT2D eigenvalue weighted by atomic mass is 10.0. The van der Waals surface area contributed by atoms with Crippen LogP contribution in [-0.2, 0) is 28.6 Å². The van der Waals surface area contributed by atoms with Crippen LogP contribution in [-0.4, -0.2) is 37.2 Å². The lowest BCUT2D eigenvalue weighted by Crippen LogP contribution is -2.30. The molecule has 0 aromatic heterocycles. The van der Waals surface area contributed by atoms with Crippen LogP contribution in [0.3, 0.4) is 0 Å². The molecule has 6 nitrogen and oxygen atoms in total. The van der Waals surface area contributed by atoms with Crippen LogP contribution in [0.4, 0.5) is 0 Å². The van der Waals surface area contributed by atoms with E-state index in [1.54, 1.807) is 0 Å². The molecular formula is C55H104O6. The second kappa shape index (κ2) is 50.8. The molecule has 1 atom stereocenters. The van der Waals surface area contributed by atoms with Gasteiger partial charge >= 0.3 is 17.9 Å². The predicted molar refractivity (Wildman–Crippen MR) is 261 cm³/mol. The molecule has 0 aliphatic rings. The van der Waals surface area contributed by atoms with Crippen molar-refractivity contribution in [3.8, 4) is 0 Å². The first-order valence-electron chi connectivity index (χ1n) is 27.2. The van der Waals surface area contributed by atoms with Crippen molar-refractivity contribution < 1.29 is 28.6 Å². The molecular weight excluding hydrogens is 757 g/mol. The molecule has 0 saturated carbocycles. The first kappa shape index (κ1) is 59.1. The SMILES string of the molecule is CCCCCCCCCCC/C=C\CCCCCCCC(=O)OCC(COC(=O)CCCCCCCCCCC)OC(=O)CCCCCCCCCCCCCCCCCC. The highest BCUT2D eigenvalue weighted by atomic mass is 16.6. The first-order valence-corrected chi connectivity index (χ1v) is 27.2. The number of ether oxygens (including phenoxy) is 3. The van der Waals surface area contributed by atoms with E-state index in [0.29, 0.717) is 19.3 Å². The fourth-order valence-corrected chi connectivity index (χ4v) is 8.14. The average molecular weight is 861 g/mol. The molecule has 1 unspecified atom stereocenters. The number of carbonyl (C=O) groups is 3. The van der Waals surface area contributed by atoms with Gasteiger partial charge < -0.3 is 14.2 Å². The van der Waals surface area contributed by atoms with Gasteiger partial charge in [0.05, 0.1) is 0 Å². The van der Waals surface area contributed by atoms with Crippen molar-refractivity contribution in [2.45, 2.75) is 309 Å². The third-order valence-electron chi connectivity index (χ3n) is 12.3. The van der Waals surface area contributed by atoms with Gasteiger partial charge in [-0.15, -0.1) is 0 Å². The lowest BCUT2D eigenvalue weighted by molar-refractivity contribution is -0.167. The van der Waals surface area contributed by atoms with E-state index in [0.717, 1.165) is 64.2 Å². The van der Waals surface area contributed by atoms with E-state index < -0.39 is 6.10 Å². The Bertz CT molecular complexity index is 947. The van der Waals surface area contributed by atoms with Gasteiger partial charge in [-0.3, -0.25) is 14.4 Å². The summed E-state index contributed by atoms with van der Waals surface area (Å²) in [6.07, 6.45) is 56.3. The molecule has 0 aromatic rings. The summed E-state index contributed by atoms with van der Waals surface area (Å²) in [5, 5.41) is 0. The zero-order valence-electron chi connectivity index (χ0n) is 41.2. The van der Waals surface area contributed by atoms with Crippen LogP contribution >= 0.6 is 0 Å². The number of esters is 3. The molecule has 0 fully saturated rings. The van der Waals surface area contributed by atoms with Crippen molar-refractivity contribution in [2.75, 3.05) is 13.2 Å². The van der Waals surface area contributed by atoms with Crippen molar-refractivity contribution in [3.63, 3.8) is 0 Å². The molecule has 0 saturated heterocycles. The molecule has 0 radical (unpaired) electrons. The summed E-state index contributed by atoms with van der Waals surface area (Å²) in [6.45, 7) is 6.66. The maximum Gasteiger partial charge on any atom is 0.306 e. The van der Waals surface area contributed by atoms with E-state index in [-0.39, 0.29) is 31.1 Å². The molecule has 0 rings (SSSR count). The molecule has 0 bridgehead atoms. The van der Waals surface area contributed by atoms with Crippen molar-refractivity contribution in [3.05, 3.63) is 12.2 Å². The molecule has 0 heterocycles. The maximum atomic E-state index is 12.8. The van der Waals surface area contributed by atoms with E-state index in [9.17, 15) is 14.4 Å². The summed E-state index contributed by atoms with van der Waals surface area (Å²) in [5.41, 5.74) is 0. The summed E-state index contributed by atoms with van der Waals surface area (Å²) in [5.74, 6) is -0.860. The number of carbonyl (C=O) groups excluding carboxylic acids is 3. The van der Waals surface area contributed by atoms with Crippen LogP contribution in [0, 0.1) is 0 Å². The summed E-state index contributed by atoms with van der Waals surface area (Å²) >= 11 is 0. The van der Waals surface area contributed by atoms with Crippen molar-refractivity contribution in [2.24, 2.45) is 0 Å². The van der Waals surface area contributed by atoms with E-state index in [2.05, 4.69) is 32.9 Å². The second-order valence-electron chi connectivity index (χ2n) is 18.5. The van der Waals surface area contributed by atoms with Crippen LogP contribution in [0.25, 0.3) is 0 Å². The highest BCUT2D eigenvalue weighted by molar-refractivity contribution is 5.71. The van der Waals surface area contributed by atoms with Gasteiger partial charge in [-0.2, -0.15) is 0 Å². The van der Waals surface area contributed by atoms with E-state index >= 15 is 0 Å². The van der Waals surface area contributed by atoms with E-state index in [1.807, 2.05) is 0 Å². The van der Waals surface area contributed by atoms with Gasteiger partial charge in [-0.1, -0.05) is 251 Å². The van der Waals surface area contributed by atoms with Gasteiger partial charge in [0.25, 0.3) is 0 Å². The van der Waals surface area contributed by atoms with Crippen LogP contribution in [0.15, 0.2) is 12.2 Å². The van der Waals surface area contributed by atoms with E-state index in [1.165, 1.54) is 199 Å². The number of rotatable bonds is 50. The molecule has 0 aliphatic carbocycles. The summed E-state index contributed by atoms with van der Waals surface area (Å²) < 4.78 is 16.8. The Hall–Kier alpha value is -1.85. The average Bonchev–Trinajstić information content (AvgIpc) is 3.26. The largest absolute Gasteiger partial charge is 0.462 e. The lowest BCUT2D eigenvalue weighted by Gasteiger charge is -2.18. The Morgan fingerprint density at radius 3 is 0.820 bits per heavy atom. The van der Waals surface area contributed by atoms with Crippen molar-refractivity contribution in [1.29, 1.82) is 0 Å². The molecule has 0 amide bonds. The minimum atomic E-state index is -0.766. The van der Waals surface area contributed by atoms with Gasteiger partial charge in [0.15, 0.2) is 6.10 Å². The Morgan fingerprint density at radius 2 is 0.541 bits per heavy atom. The highest BCUT2D eigenvalue weighted by Crippen LogP contribution is 2.16. The minimum absolute atomic E-state index is 0.0676. The van der Waals surface area contributed by atoms with E-state index in [4.69, 9.17) is 14.2 Å². The van der Waals surface area contributed by atoms with Crippen molar-refractivity contribution in [1.82, 2.24) is 0 Å². The van der Waals surface area contributed by atoms with Gasteiger partial charge in [0, 0.05) is 19.3 Å². The zero-order chi connectivity index (χ0) is 44.4. The summed E-state index contributed by atoms with van der Waals surface area (Å²) in [7, 11) is 0.